The zero-order chi connectivity index (χ0) is 26.0. The third-order valence-corrected chi connectivity index (χ3v) is 8.34. The summed E-state index contributed by atoms with van der Waals surface area (Å²) in [6.45, 7) is 5.39. The number of benzene rings is 1. The molecule has 1 aliphatic rings. The minimum Gasteiger partial charge on any atom is -0.494 e. The van der Waals surface area contributed by atoms with Crippen molar-refractivity contribution in [3.63, 3.8) is 0 Å². The predicted octanol–water partition coefficient (Wildman–Crippen LogP) is 10.4. The van der Waals surface area contributed by atoms with Gasteiger partial charge in [0, 0.05) is 18.0 Å². The van der Waals surface area contributed by atoms with Gasteiger partial charge in [0.1, 0.15) is 5.75 Å². The Morgan fingerprint density at radius 2 is 1.19 bits per heavy atom. The van der Waals surface area contributed by atoms with Crippen molar-refractivity contribution in [3.05, 3.63) is 42.2 Å². The number of unbranched alkanes of at least 4 members (excludes halogenated alkanes) is 9. The second kappa shape index (κ2) is 18.4. The van der Waals surface area contributed by atoms with Gasteiger partial charge in [-0.25, -0.2) is 9.97 Å². The van der Waals surface area contributed by atoms with Crippen LogP contribution >= 0.6 is 0 Å². The molecular weight excluding hydrogens is 452 g/mol. The summed E-state index contributed by atoms with van der Waals surface area (Å²) in [6.07, 6.45) is 29.9. The molecule has 0 N–H and O–H groups in total. The first kappa shape index (κ1) is 29.7. The summed E-state index contributed by atoms with van der Waals surface area (Å²) >= 11 is 0. The average molecular weight is 507 g/mol. The number of rotatable bonds is 19. The van der Waals surface area contributed by atoms with Crippen molar-refractivity contribution >= 4 is 0 Å². The molecule has 1 heterocycles. The summed E-state index contributed by atoms with van der Waals surface area (Å²) in [6, 6.07) is 8.30. The van der Waals surface area contributed by atoms with Gasteiger partial charge in [-0.15, -0.1) is 0 Å². The molecule has 0 bridgehead atoms. The molecule has 3 nitrogen and oxygen atoms in total. The molecule has 1 aliphatic carbocycles. The van der Waals surface area contributed by atoms with Gasteiger partial charge in [0.2, 0.25) is 0 Å². The Morgan fingerprint density at radius 1 is 0.649 bits per heavy atom. The van der Waals surface area contributed by atoms with Gasteiger partial charge >= 0.3 is 0 Å². The molecule has 2 aromatic rings. The number of aryl methyl sites for hydroxylation is 1. The van der Waals surface area contributed by atoms with Crippen molar-refractivity contribution in [1.82, 2.24) is 9.97 Å². The maximum absolute atomic E-state index is 6.05. The van der Waals surface area contributed by atoms with Gasteiger partial charge in [0.15, 0.2) is 5.82 Å². The lowest BCUT2D eigenvalue weighted by Crippen LogP contribution is -2.15. The van der Waals surface area contributed by atoms with Gasteiger partial charge in [-0.1, -0.05) is 110 Å². The first-order chi connectivity index (χ1) is 18.3. The van der Waals surface area contributed by atoms with Crippen molar-refractivity contribution in [2.45, 2.75) is 136 Å². The molecule has 1 aromatic carbocycles. The van der Waals surface area contributed by atoms with Gasteiger partial charge in [0.05, 0.1) is 6.61 Å². The Balaban J connectivity index is 1.26. The van der Waals surface area contributed by atoms with E-state index in [9.17, 15) is 0 Å². The monoisotopic (exact) mass is 506 g/mol. The average Bonchev–Trinajstić information content (AvgIpc) is 2.94. The molecule has 0 unspecified atom stereocenters. The predicted molar refractivity (Wildman–Crippen MR) is 158 cm³/mol. The zero-order valence-corrected chi connectivity index (χ0v) is 24.1. The molecule has 3 rings (SSSR count). The third kappa shape index (κ3) is 12.0. The summed E-state index contributed by atoms with van der Waals surface area (Å²) < 4.78 is 6.05. The number of ether oxygens (including phenoxy) is 1. The lowest BCUT2D eigenvalue weighted by molar-refractivity contribution is 0.228. The SMILES string of the molecule is CCCCCCCCc1cnc(-c2ccc(OCCC[C@H]3CC[C@H](CCCCCCC)CC3)cc2)nc1. The van der Waals surface area contributed by atoms with Crippen molar-refractivity contribution in [2.24, 2.45) is 11.8 Å². The van der Waals surface area contributed by atoms with Gasteiger partial charge in [-0.05, 0) is 67.3 Å². The van der Waals surface area contributed by atoms with Crippen LogP contribution in [0.1, 0.15) is 135 Å². The van der Waals surface area contributed by atoms with Crippen molar-refractivity contribution < 1.29 is 4.74 Å². The van der Waals surface area contributed by atoms with Crippen LogP contribution in [-0.2, 0) is 6.42 Å². The molecule has 206 valence electrons. The smallest absolute Gasteiger partial charge is 0.159 e. The van der Waals surface area contributed by atoms with Crippen LogP contribution in [0.2, 0.25) is 0 Å². The Bertz CT molecular complexity index is 809. The van der Waals surface area contributed by atoms with Gasteiger partial charge < -0.3 is 4.74 Å². The molecular formula is C34H54N2O. The minimum absolute atomic E-state index is 0.801. The molecule has 0 aliphatic heterocycles. The van der Waals surface area contributed by atoms with Crippen LogP contribution in [0, 0.1) is 11.8 Å². The maximum atomic E-state index is 6.05. The van der Waals surface area contributed by atoms with Gasteiger partial charge in [0.25, 0.3) is 0 Å². The maximum Gasteiger partial charge on any atom is 0.159 e. The lowest BCUT2D eigenvalue weighted by Gasteiger charge is -2.28. The van der Waals surface area contributed by atoms with E-state index in [1.807, 2.05) is 12.4 Å². The van der Waals surface area contributed by atoms with Gasteiger partial charge in [-0.3, -0.25) is 0 Å². The highest BCUT2D eigenvalue weighted by atomic mass is 16.5. The molecule has 0 atom stereocenters. The van der Waals surface area contributed by atoms with E-state index in [0.29, 0.717) is 0 Å². The summed E-state index contributed by atoms with van der Waals surface area (Å²) in [5.41, 5.74) is 2.30. The summed E-state index contributed by atoms with van der Waals surface area (Å²) in [5.74, 6) is 3.68. The highest BCUT2D eigenvalue weighted by Gasteiger charge is 2.20. The van der Waals surface area contributed by atoms with Crippen LogP contribution in [0.3, 0.4) is 0 Å². The Morgan fingerprint density at radius 3 is 1.81 bits per heavy atom. The summed E-state index contributed by atoms with van der Waals surface area (Å²) in [4.78, 5) is 9.23. The van der Waals surface area contributed by atoms with Crippen LogP contribution in [-0.4, -0.2) is 16.6 Å². The fourth-order valence-corrected chi connectivity index (χ4v) is 5.85. The van der Waals surface area contributed by atoms with Crippen LogP contribution < -0.4 is 4.74 Å². The van der Waals surface area contributed by atoms with E-state index in [2.05, 4.69) is 48.1 Å². The fourth-order valence-electron chi connectivity index (χ4n) is 5.85. The van der Waals surface area contributed by atoms with Crippen LogP contribution in [0.25, 0.3) is 11.4 Å². The van der Waals surface area contributed by atoms with E-state index in [0.717, 1.165) is 48.4 Å². The number of nitrogens with zero attached hydrogens (tertiary/aromatic N) is 2. The minimum atomic E-state index is 0.801. The highest BCUT2D eigenvalue weighted by Crippen LogP contribution is 2.34. The van der Waals surface area contributed by atoms with E-state index in [1.54, 1.807) is 0 Å². The number of hydrogen-bond donors (Lipinski definition) is 0. The molecule has 0 saturated heterocycles. The van der Waals surface area contributed by atoms with Crippen molar-refractivity contribution in [2.75, 3.05) is 6.61 Å². The van der Waals surface area contributed by atoms with Crippen LogP contribution in [0.5, 0.6) is 5.75 Å². The van der Waals surface area contributed by atoms with Gasteiger partial charge in [-0.2, -0.15) is 0 Å². The number of hydrogen-bond acceptors (Lipinski definition) is 3. The lowest BCUT2D eigenvalue weighted by atomic mass is 9.78. The topological polar surface area (TPSA) is 35.0 Å². The Hall–Kier alpha value is -1.90. The standard InChI is InChI=1S/C34H54N2O/c1-3-5-7-9-11-13-16-31-27-35-34(36-28-31)32-22-24-33(25-23-32)37-26-14-17-30-20-18-29(19-21-30)15-12-10-8-6-4-2/h22-25,27-30H,3-21,26H2,1-2H3/t29-,30-. The normalized spacial score (nSPS) is 17.7. The first-order valence-electron chi connectivity index (χ1n) is 15.8. The summed E-state index contributed by atoms with van der Waals surface area (Å²) in [7, 11) is 0. The van der Waals surface area contributed by atoms with E-state index in [4.69, 9.17) is 4.74 Å². The van der Waals surface area contributed by atoms with E-state index in [-0.39, 0.29) is 0 Å². The quantitative estimate of drug-likeness (QED) is 0.178. The molecule has 1 aromatic heterocycles. The zero-order valence-electron chi connectivity index (χ0n) is 24.1. The molecule has 0 radical (unpaired) electrons. The first-order valence-corrected chi connectivity index (χ1v) is 15.8. The Labute approximate surface area is 228 Å². The molecule has 0 spiro atoms. The fraction of sp³-hybridized carbons (Fsp3) is 0.706. The van der Waals surface area contributed by atoms with E-state index in [1.165, 1.54) is 115 Å². The number of aromatic nitrogens is 2. The third-order valence-electron chi connectivity index (χ3n) is 8.34. The largest absolute Gasteiger partial charge is 0.494 e. The molecule has 3 heteroatoms. The van der Waals surface area contributed by atoms with Crippen molar-refractivity contribution in [3.8, 4) is 17.1 Å². The van der Waals surface area contributed by atoms with E-state index >= 15 is 0 Å². The van der Waals surface area contributed by atoms with E-state index < -0.39 is 0 Å². The molecule has 37 heavy (non-hydrogen) atoms. The Kier molecular flexibility index (Phi) is 14.7. The molecule has 1 fully saturated rings. The van der Waals surface area contributed by atoms with Crippen LogP contribution in [0.15, 0.2) is 36.7 Å². The molecule has 0 amide bonds. The second-order valence-corrected chi connectivity index (χ2v) is 11.5. The second-order valence-electron chi connectivity index (χ2n) is 11.5. The van der Waals surface area contributed by atoms with Crippen LogP contribution in [0.4, 0.5) is 0 Å². The summed E-state index contributed by atoms with van der Waals surface area (Å²) in [5, 5.41) is 0. The highest BCUT2D eigenvalue weighted by molar-refractivity contribution is 5.55. The molecule has 1 saturated carbocycles. The van der Waals surface area contributed by atoms with Crippen molar-refractivity contribution in [1.29, 1.82) is 0 Å².